The average Bonchev–Trinajstić information content (AvgIpc) is 2.46. The van der Waals surface area contributed by atoms with Crippen molar-refractivity contribution >= 4 is 23.4 Å². The van der Waals surface area contributed by atoms with Gasteiger partial charge in [0, 0.05) is 18.1 Å². The van der Waals surface area contributed by atoms with Gasteiger partial charge in [0.25, 0.3) is 0 Å². The van der Waals surface area contributed by atoms with Crippen LogP contribution < -0.4 is 10.6 Å². The molecule has 0 unspecified atom stereocenters. The minimum atomic E-state index is 0.490. The van der Waals surface area contributed by atoms with E-state index in [-0.39, 0.29) is 0 Å². The first-order valence-corrected chi connectivity index (χ1v) is 7.44. The Labute approximate surface area is 130 Å². The first-order chi connectivity index (χ1) is 10.1. The van der Waals surface area contributed by atoms with Crippen LogP contribution in [-0.4, -0.2) is 21.7 Å². The molecule has 5 nitrogen and oxygen atoms in total. The molecular weight excluding hydrogens is 286 g/mol. The van der Waals surface area contributed by atoms with Crippen molar-refractivity contribution in [3.63, 3.8) is 0 Å². The summed E-state index contributed by atoms with van der Waals surface area (Å²) in [5.41, 5.74) is 1.00. The average molecular weight is 306 g/mol. The van der Waals surface area contributed by atoms with Gasteiger partial charge in [-0.15, -0.1) is 5.10 Å². The van der Waals surface area contributed by atoms with Crippen molar-refractivity contribution in [3.05, 3.63) is 41.0 Å². The normalized spacial score (nSPS) is 10.7. The third-order valence-corrected chi connectivity index (χ3v) is 3.35. The van der Waals surface area contributed by atoms with Gasteiger partial charge in [0.05, 0.1) is 6.20 Å². The molecule has 0 aliphatic heterocycles. The van der Waals surface area contributed by atoms with Crippen LogP contribution in [0, 0.1) is 5.92 Å². The molecule has 2 N–H and O–H groups in total. The van der Waals surface area contributed by atoms with Crippen LogP contribution in [-0.2, 0) is 6.54 Å². The highest BCUT2D eigenvalue weighted by atomic mass is 35.5. The fourth-order valence-electron chi connectivity index (χ4n) is 1.77. The Kier molecular flexibility index (Phi) is 5.75. The van der Waals surface area contributed by atoms with E-state index in [0.717, 1.165) is 29.4 Å². The Morgan fingerprint density at radius 3 is 2.76 bits per heavy atom. The summed E-state index contributed by atoms with van der Waals surface area (Å²) in [6.07, 6.45) is 2.72. The molecule has 0 saturated heterocycles. The molecular formula is C15H20ClN5. The Balaban J connectivity index is 1.90. The summed E-state index contributed by atoms with van der Waals surface area (Å²) >= 11 is 6.11. The highest BCUT2D eigenvalue weighted by Crippen LogP contribution is 2.16. The smallest absolute Gasteiger partial charge is 0.244 e. The van der Waals surface area contributed by atoms with E-state index in [1.54, 1.807) is 6.20 Å². The standard InChI is InChI=1S/C15H20ClN5/c1-11(2)7-8-17-14-10-19-21-15(20-14)18-9-12-5-3-4-6-13(12)16/h3-6,10-11H,7-9H2,1-2H3,(H2,17,18,20,21). The van der Waals surface area contributed by atoms with E-state index in [2.05, 4.69) is 39.7 Å². The van der Waals surface area contributed by atoms with Gasteiger partial charge in [-0.25, -0.2) is 0 Å². The second-order valence-electron chi connectivity index (χ2n) is 5.22. The number of hydrogen-bond donors (Lipinski definition) is 2. The fourth-order valence-corrected chi connectivity index (χ4v) is 1.97. The zero-order chi connectivity index (χ0) is 15.1. The van der Waals surface area contributed by atoms with Crippen molar-refractivity contribution in [2.75, 3.05) is 17.2 Å². The highest BCUT2D eigenvalue weighted by molar-refractivity contribution is 6.31. The number of nitrogens with one attached hydrogen (secondary N) is 2. The van der Waals surface area contributed by atoms with E-state index in [4.69, 9.17) is 11.6 Å². The van der Waals surface area contributed by atoms with Crippen molar-refractivity contribution in [1.82, 2.24) is 15.2 Å². The summed E-state index contributed by atoms with van der Waals surface area (Å²) in [6, 6.07) is 7.68. The number of aromatic nitrogens is 3. The van der Waals surface area contributed by atoms with E-state index in [9.17, 15) is 0 Å². The topological polar surface area (TPSA) is 62.7 Å². The monoisotopic (exact) mass is 305 g/mol. The molecule has 0 atom stereocenters. The van der Waals surface area contributed by atoms with Crippen LogP contribution in [0.1, 0.15) is 25.8 Å². The van der Waals surface area contributed by atoms with E-state index in [1.165, 1.54) is 0 Å². The van der Waals surface area contributed by atoms with Crippen LogP contribution in [0.2, 0.25) is 5.02 Å². The molecule has 0 spiro atoms. The van der Waals surface area contributed by atoms with E-state index >= 15 is 0 Å². The lowest BCUT2D eigenvalue weighted by atomic mass is 10.1. The van der Waals surface area contributed by atoms with Gasteiger partial charge in [-0.1, -0.05) is 43.6 Å². The molecule has 1 aromatic carbocycles. The molecule has 2 aromatic rings. The number of anilines is 2. The molecule has 0 amide bonds. The number of rotatable bonds is 7. The minimum absolute atomic E-state index is 0.490. The van der Waals surface area contributed by atoms with Crippen LogP contribution >= 0.6 is 11.6 Å². The van der Waals surface area contributed by atoms with Crippen LogP contribution in [0.15, 0.2) is 30.5 Å². The summed E-state index contributed by atoms with van der Waals surface area (Å²) in [6.45, 7) is 5.82. The zero-order valence-corrected chi connectivity index (χ0v) is 13.1. The van der Waals surface area contributed by atoms with E-state index in [0.29, 0.717) is 18.4 Å². The first kappa shape index (κ1) is 15.5. The Hall–Kier alpha value is -1.88. The third-order valence-electron chi connectivity index (χ3n) is 2.98. The molecule has 1 aromatic heterocycles. The van der Waals surface area contributed by atoms with Gasteiger partial charge >= 0.3 is 0 Å². The summed E-state index contributed by atoms with van der Waals surface area (Å²) in [4.78, 5) is 4.38. The summed E-state index contributed by atoms with van der Waals surface area (Å²) in [5, 5.41) is 15.0. The summed E-state index contributed by atoms with van der Waals surface area (Å²) in [5.74, 6) is 1.88. The fraction of sp³-hybridized carbons (Fsp3) is 0.400. The quantitative estimate of drug-likeness (QED) is 0.818. The predicted molar refractivity (Wildman–Crippen MR) is 86.6 cm³/mol. The molecule has 1 heterocycles. The van der Waals surface area contributed by atoms with Gasteiger partial charge in [-0.05, 0) is 24.0 Å². The van der Waals surface area contributed by atoms with Crippen molar-refractivity contribution in [3.8, 4) is 0 Å². The molecule has 21 heavy (non-hydrogen) atoms. The molecule has 0 aliphatic carbocycles. The van der Waals surface area contributed by atoms with Crippen LogP contribution in [0.25, 0.3) is 0 Å². The van der Waals surface area contributed by atoms with Crippen molar-refractivity contribution in [1.29, 1.82) is 0 Å². The van der Waals surface area contributed by atoms with Gasteiger partial charge < -0.3 is 10.6 Å². The lowest BCUT2D eigenvalue weighted by Gasteiger charge is -2.09. The van der Waals surface area contributed by atoms with Crippen molar-refractivity contribution in [2.45, 2.75) is 26.8 Å². The number of nitrogens with zero attached hydrogens (tertiary/aromatic N) is 3. The largest absolute Gasteiger partial charge is 0.369 e. The maximum absolute atomic E-state index is 6.11. The van der Waals surface area contributed by atoms with Gasteiger partial charge in [-0.2, -0.15) is 10.1 Å². The van der Waals surface area contributed by atoms with Gasteiger partial charge in [0.1, 0.15) is 5.82 Å². The molecule has 0 radical (unpaired) electrons. The number of benzene rings is 1. The predicted octanol–water partition coefficient (Wildman–Crippen LogP) is 3.60. The molecule has 6 heteroatoms. The molecule has 112 valence electrons. The van der Waals surface area contributed by atoms with Crippen molar-refractivity contribution < 1.29 is 0 Å². The minimum Gasteiger partial charge on any atom is -0.369 e. The SMILES string of the molecule is CC(C)CCNc1cnnc(NCc2ccccc2Cl)n1. The lowest BCUT2D eigenvalue weighted by Crippen LogP contribution is -2.10. The molecule has 2 rings (SSSR count). The van der Waals surface area contributed by atoms with Gasteiger partial charge in [-0.3, -0.25) is 0 Å². The maximum Gasteiger partial charge on any atom is 0.244 e. The molecule has 0 saturated carbocycles. The second kappa shape index (κ2) is 7.78. The summed E-state index contributed by atoms with van der Waals surface area (Å²) < 4.78 is 0. The molecule has 0 fully saturated rings. The highest BCUT2D eigenvalue weighted by Gasteiger charge is 2.03. The van der Waals surface area contributed by atoms with E-state index < -0.39 is 0 Å². The van der Waals surface area contributed by atoms with Gasteiger partial charge in [0.2, 0.25) is 5.95 Å². The number of halogens is 1. The van der Waals surface area contributed by atoms with Gasteiger partial charge in [0.15, 0.2) is 0 Å². The van der Waals surface area contributed by atoms with E-state index in [1.807, 2.05) is 24.3 Å². The van der Waals surface area contributed by atoms with Crippen LogP contribution in [0.3, 0.4) is 0 Å². The van der Waals surface area contributed by atoms with Crippen LogP contribution in [0.5, 0.6) is 0 Å². The Morgan fingerprint density at radius 2 is 2.00 bits per heavy atom. The third kappa shape index (κ3) is 5.19. The zero-order valence-electron chi connectivity index (χ0n) is 12.3. The molecule has 0 bridgehead atoms. The van der Waals surface area contributed by atoms with Crippen LogP contribution in [0.4, 0.5) is 11.8 Å². The Morgan fingerprint density at radius 1 is 1.19 bits per heavy atom. The number of hydrogen-bond acceptors (Lipinski definition) is 5. The molecule has 0 aliphatic rings. The first-order valence-electron chi connectivity index (χ1n) is 7.06. The lowest BCUT2D eigenvalue weighted by molar-refractivity contribution is 0.606. The maximum atomic E-state index is 6.11. The Bertz CT molecular complexity index is 573. The summed E-state index contributed by atoms with van der Waals surface area (Å²) in [7, 11) is 0. The van der Waals surface area contributed by atoms with Crippen molar-refractivity contribution in [2.24, 2.45) is 5.92 Å². The second-order valence-corrected chi connectivity index (χ2v) is 5.63.